The SMILES string of the molecule is CNC(=O)c1cc(-c2ccc(C(=O)O)c(C(=O)Cc3ccc(C)cc3)c2)ccc1C(=O)O.Cc1ccc(N2C(=O)c3ccc(-c4ccc5c(c4)C(=O)N(C)C5=O)cc3C2=O)cc1.O.[2HH]. The summed E-state index contributed by atoms with van der Waals surface area (Å²) in [5.74, 6) is -4.82. The fourth-order valence-electron chi connectivity index (χ4n) is 7.25. The number of nitrogens with zero attached hydrogens (tertiary/aromatic N) is 2. The summed E-state index contributed by atoms with van der Waals surface area (Å²) in [6.07, 6.45) is 0.0332. The van der Waals surface area contributed by atoms with Crippen LogP contribution in [-0.4, -0.2) is 81.9 Å². The Morgan fingerprint density at radius 3 is 1.46 bits per heavy atom. The first kappa shape index (κ1) is 44.2. The van der Waals surface area contributed by atoms with Crippen molar-refractivity contribution < 1.29 is 55.5 Å². The monoisotopic (exact) mass is 848 g/mol. The predicted octanol–water partition coefficient (Wildman–Crippen LogP) is 6.95. The molecule has 2 aliphatic heterocycles. The lowest BCUT2D eigenvalue weighted by atomic mass is 9.92. The van der Waals surface area contributed by atoms with Crippen LogP contribution in [0.2, 0.25) is 0 Å². The second-order valence-electron chi connectivity index (χ2n) is 14.8. The minimum Gasteiger partial charge on any atom is -0.478 e. The van der Waals surface area contributed by atoms with Gasteiger partial charge in [0, 0.05) is 27.5 Å². The third kappa shape index (κ3) is 8.51. The van der Waals surface area contributed by atoms with Gasteiger partial charge >= 0.3 is 11.9 Å². The molecule has 8 rings (SSSR count). The van der Waals surface area contributed by atoms with Crippen molar-refractivity contribution in [2.45, 2.75) is 20.3 Å². The number of anilines is 1. The van der Waals surface area contributed by atoms with E-state index >= 15 is 0 Å². The molecule has 14 heteroatoms. The largest absolute Gasteiger partial charge is 0.478 e. The number of aryl methyl sites for hydroxylation is 2. The number of Topliss-reactive ketones (excluding diaryl/α,β-unsaturated/α-hetero) is 1. The summed E-state index contributed by atoms with van der Waals surface area (Å²) in [5, 5.41) is 21.3. The topological polar surface area (TPSA) is 227 Å². The van der Waals surface area contributed by atoms with Crippen molar-refractivity contribution in [1.29, 1.82) is 0 Å². The fraction of sp³-hybridized carbons (Fsp3) is 0.102. The van der Waals surface area contributed by atoms with Crippen molar-refractivity contribution in [1.82, 2.24) is 10.2 Å². The zero-order valence-electron chi connectivity index (χ0n) is 34.3. The number of ketones is 1. The summed E-state index contributed by atoms with van der Waals surface area (Å²) in [6.45, 7) is 3.87. The third-order valence-electron chi connectivity index (χ3n) is 10.7. The van der Waals surface area contributed by atoms with Gasteiger partial charge < -0.3 is 21.0 Å². The molecule has 0 radical (unpaired) electrons. The average molecular weight is 849 g/mol. The first-order valence-corrected chi connectivity index (χ1v) is 19.2. The van der Waals surface area contributed by atoms with E-state index in [-0.39, 0.29) is 65.0 Å². The molecular weight excluding hydrogens is 807 g/mol. The van der Waals surface area contributed by atoms with Crippen LogP contribution in [0.1, 0.15) is 101 Å². The molecule has 2 aliphatic rings. The van der Waals surface area contributed by atoms with E-state index in [1.54, 1.807) is 48.5 Å². The third-order valence-corrected chi connectivity index (χ3v) is 10.7. The number of carboxylic acid groups (broad SMARTS) is 2. The summed E-state index contributed by atoms with van der Waals surface area (Å²) in [6, 6.07) is 33.2. The summed E-state index contributed by atoms with van der Waals surface area (Å²) in [4.78, 5) is 101. The standard InChI is InChI=1S/C25H21NO6.C24H16N2O4.H2O.H2/c1-14-3-5-15(6-4-14)11-22(27)20-12-16(7-9-18(20)24(29)30)17-8-10-19(25(31)32)21(13-17)23(28)26-2;1-13-3-7-16(8-4-13)26-23(29)18-10-6-15(12-20(18)24(26)30)14-5-9-17-19(11-14)22(28)25(2)21(17)27;;/h3-10,12-13H,11H2,1-2H3,(H,26,28)(H,29,30)(H,31,32);3-12H,1-2H3;1H2;1H/i;;;1+1. The zero-order valence-corrected chi connectivity index (χ0v) is 34.3. The van der Waals surface area contributed by atoms with Crippen LogP contribution in [0.15, 0.2) is 121 Å². The molecule has 0 spiro atoms. The number of carbonyl (C=O) groups is 8. The van der Waals surface area contributed by atoms with Crippen LogP contribution in [0, 0.1) is 13.8 Å². The lowest BCUT2D eigenvalue weighted by Crippen LogP contribution is -2.29. The molecule has 14 nitrogen and oxygen atoms in total. The van der Waals surface area contributed by atoms with Crippen molar-refractivity contribution in [3.8, 4) is 22.3 Å². The number of nitrogens with one attached hydrogen (secondary N) is 1. The van der Waals surface area contributed by atoms with E-state index in [0.29, 0.717) is 50.2 Å². The molecule has 0 unspecified atom stereocenters. The highest BCUT2D eigenvalue weighted by atomic mass is 16.4. The molecule has 0 saturated heterocycles. The molecule has 6 aromatic carbocycles. The Labute approximate surface area is 361 Å². The molecule has 0 atom stereocenters. The molecule has 0 aromatic heterocycles. The molecule has 63 heavy (non-hydrogen) atoms. The highest BCUT2D eigenvalue weighted by Gasteiger charge is 2.37. The smallest absolute Gasteiger partial charge is 0.336 e. The Morgan fingerprint density at radius 2 is 0.937 bits per heavy atom. The van der Waals surface area contributed by atoms with E-state index in [1.807, 2.05) is 50.2 Å². The number of carboxylic acids is 2. The highest BCUT2D eigenvalue weighted by Crippen LogP contribution is 2.34. The van der Waals surface area contributed by atoms with Crippen LogP contribution in [0.5, 0.6) is 0 Å². The summed E-state index contributed by atoms with van der Waals surface area (Å²) in [7, 11) is 2.84. The fourth-order valence-corrected chi connectivity index (χ4v) is 7.25. The van der Waals surface area contributed by atoms with Gasteiger partial charge in [-0.1, -0.05) is 71.8 Å². The lowest BCUT2D eigenvalue weighted by Gasteiger charge is -2.13. The van der Waals surface area contributed by atoms with Crippen LogP contribution in [0.3, 0.4) is 0 Å². The number of rotatable bonds is 9. The maximum Gasteiger partial charge on any atom is 0.336 e. The van der Waals surface area contributed by atoms with Gasteiger partial charge in [-0.2, -0.15) is 0 Å². The quantitative estimate of drug-likeness (QED) is 0.100. The number of fused-ring (bicyclic) bond motifs is 2. The Hall–Kier alpha value is -8.36. The van der Waals surface area contributed by atoms with E-state index < -0.39 is 17.8 Å². The van der Waals surface area contributed by atoms with Gasteiger partial charge in [0.05, 0.1) is 44.6 Å². The van der Waals surface area contributed by atoms with Gasteiger partial charge in [0.15, 0.2) is 5.78 Å². The first-order valence-electron chi connectivity index (χ1n) is 19.2. The van der Waals surface area contributed by atoms with E-state index in [9.17, 15) is 48.6 Å². The maximum absolute atomic E-state index is 13.0. The Kier molecular flexibility index (Phi) is 12.4. The van der Waals surface area contributed by atoms with Gasteiger partial charge in [0.25, 0.3) is 29.5 Å². The molecule has 318 valence electrons. The molecule has 5 N–H and O–H groups in total. The molecule has 0 aliphatic carbocycles. The minimum atomic E-state index is -1.25. The van der Waals surface area contributed by atoms with E-state index in [0.717, 1.165) is 21.6 Å². The zero-order chi connectivity index (χ0) is 44.6. The van der Waals surface area contributed by atoms with Gasteiger partial charge in [0.2, 0.25) is 0 Å². The molecule has 0 saturated carbocycles. The van der Waals surface area contributed by atoms with E-state index in [2.05, 4.69) is 5.32 Å². The molecule has 0 bridgehead atoms. The number of amides is 5. The van der Waals surface area contributed by atoms with Gasteiger partial charge in [-0.25, -0.2) is 14.5 Å². The number of carbonyl (C=O) groups excluding carboxylic acids is 6. The van der Waals surface area contributed by atoms with Crippen LogP contribution in [0.25, 0.3) is 22.3 Å². The van der Waals surface area contributed by atoms with Crippen LogP contribution < -0.4 is 10.2 Å². The lowest BCUT2D eigenvalue weighted by molar-refractivity contribution is 0.0680. The molecule has 5 amide bonds. The van der Waals surface area contributed by atoms with Gasteiger partial charge in [-0.15, -0.1) is 0 Å². The Morgan fingerprint density at radius 1 is 0.524 bits per heavy atom. The number of imide groups is 2. The van der Waals surface area contributed by atoms with Gasteiger partial charge in [0.1, 0.15) is 0 Å². The number of hydrogen-bond donors (Lipinski definition) is 3. The molecule has 0 fully saturated rings. The average Bonchev–Trinajstić information content (AvgIpc) is 3.65. The summed E-state index contributed by atoms with van der Waals surface area (Å²) >= 11 is 0. The number of aromatic carboxylic acids is 2. The number of benzene rings is 6. The van der Waals surface area contributed by atoms with Gasteiger partial charge in [-0.3, -0.25) is 33.7 Å². The predicted molar refractivity (Wildman–Crippen MR) is 235 cm³/mol. The van der Waals surface area contributed by atoms with Crippen LogP contribution in [-0.2, 0) is 6.42 Å². The Balaban J connectivity index is 0.000000234. The van der Waals surface area contributed by atoms with Crippen molar-refractivity contribution >= 4 is 52.9 Å². The summed E-state index contributed by atoms with van der Waals surface area (Å²) < 4.78 is 0. The molecule has 2 heterocycles. The second-order valence-corrected chi connectivity index (χ2v) is 14.8. The molecular formula is C49H41N3O11. The van der Waals surface area contributed by atoms with Crippen molar-refractivity contribution in [2.75, 3.05) is 19.0 Å². The Bertz CT molecular complexity index is 2930. The normalized spacial score (nSPS) is 12.5. The minimum absolute atomic E-state index is 0. The van der Waals surface area contributed by atoms with Crippen LogP contribution in [0.4, 0.5) is 5.69 Å². The van der Waals surface area contributed by atoms with Crippen molar-refractivity contribution in [3.63, 3.8) is 0 Å². The van der Waals surface area contributed by atoms with Crippen molar-refractivity contribution in [3.05, 3.63) is 183 Å². The second kappa shape index (κ2) is 17.7. The van der Waals surface area contributed by atoms with E-state index in [1.165, 1.54) is 55.4 Å². The summed E-state index contributed by atoms with van der Waals surface area (Å²) in [5.41, 5.74) is 6.81. The van der Waals surface area contributed by atoms with Gasteiger partial charge in [-0.05, 0) is 102 Å². The highest BCUT2D eigenvalue weighted by molar-refractivity contribution is 6.34. The number of hydrogen-bond acceptors (Lipinski definition) is 8. The molecule has 6 aromatic rings. The maximum atomic E-state index is 13.0. The van der Waals surface area contributed by atoms with Crippen LogP contribution >= 0.6 is 0 Å². The first-order chi connectivity index (χ1) is 29.6. The van der Waals surface area contributed by atoms with E-state index in [4.69, 9.17) is 0 Å². The van der Waals surface area contributed by atoms with Crippen molar-refractivity contribution in [2.24, 2.45) is 0 Å².